The quantitative estimate of drug-likeness (QED) is 0.737. The highest BCUT2D eigenvalue weighted by Crippen LogP contribution is 2.20. The van der Waals surface area contributed by atoms with Gasteiger partial charge in [0.15, 0.2) is 0 Å². The van der Waals surface area contributed by atoms with Crippen molar-refractivity contribution in [3.05, 3.63) is 0 Å². The van der Waals surface area contributed by atoms with Gasteiger partial charge in [-0.1, -0.05) is 6.92 Å². The minimum absolute atomic E-state index is 0.224. The number of rotatable bonds is 2. The SMILES string of the molecule is CC1CCN(C(=O)CN2CC(C)(O)C2)CC1. The largest absolute Gasteiger partial charge is 0.388 e. The summed E-state index contributed by atoms with van der Waals surface area (Å²) in [4.78, 5) is 15.9. The Labute approximate surface area is 97.2 Å². The van der Waals surface area contributed by atoms with Crippen LogP contribution in [0.25, 0.3) is 0 Å². The van der Waals surface area contributed by atoms with Crippen molar-refractivity contribution in [1.82, 2.24) is 9.80 Å². The molecule has 2 aliphatic heterocycles. The summed E-state index contributed by atoms with van der Waals surface area (Å²) in [6.07, 6.45) is 2.26. The molecule has 0 aliphatic carbocycles. The van der Waals surface area contributed by atoms with E-state index in [0.29, 0.717) is 19.6 Å². The number of hydrogen-bond donors (Lipinski definition) is 1. The summed E-state index contributed by atoms with van der Waals surface area (Å²) in [5.74, 6) is 0.983. The third-order valence-electron chi connectivity index (χ3n) is 3.62. The standard InChI is InChI=1S/C12H22N2O2/c1-10-3-5-14(6-4-10)11(15)7-13-8-12(2,16)9-13/h10,16H,3-9H2,1-2H3. The van der Waals surface area contributed by atoms with E-state index in [9.17, 15) is 9.90 Å². The number of nitrogens with zero attached hydrogens (tertiary/aromatic N) is 2. The molecule has 2 aliphatic rings. The van der Waals surface area contributed by atoms with Crippen molar-refractivity contribution in [1.29, 1.82) is 0 Å². The predicted octanol–water partition coefficient (Wildman–Crippen LogP) is 0.311. The molecule has 4 nitrogen and oxygen atoms in total. The van der Waals surface area contributed by atoms with E-state index in [2.05, 4.69) is 6.92 Å². The minimum atomic E-state index is -0.573. The average molecular weight is 226 g/mol. The first-order valence-corrected chi connectivity index (χ1v) is 6.19. The predicted molar refractivity (Wildman–Crippen MR) is 62.0 cm³/mol. The summed E-state index contributed by atoms with van der Waals surface area (Å²) in [6.45, 7) is 7.61. The van der Waals surface area contributed by atoms with Gasteiger partial charge in [0.25, 0.3) is 0 Å². The lowest BCUT2D eigenvalue weighted by Gasteiger charge is -2.44. The van der Waals surface area contributed by atoms with Gasteiger partial charge in [-0.3, -0.25) is 9.69 Å². The summed E-state index contributed by atoms with van der Waals surface area (Å²) < 4.78 is 0. The molecule has 92 valence electrons. The molecule has 0 aromatic carbocycles. The Morgan fingerprint density at radius 3 is 2.44 bits per heavy atom. The summed E-state index contributed by atoms with van der Waals surface area (Å²) >= 11 is 0. The molecule has 1 amide bonds. The molecule has 16 heavy (non-hydrogen) atoms. The summed E-state index contributed by atoms with van der Waals surface area (Å²) in [6, 6.07) is 0. The van der Waals surface area contributed by atoms with Crippen LogP contribution in [0.2, 0.25) is 0 Å². The Morgan fingerprint density at radius 2 is 1.94 bits per heavy atom. The third kappa shape index (κ3) is 2.74. The molecule has 0 atom stereocenters. The second-order valence-corrected chi connectivity index (χ2v) is 5.71. The van der Waals surface area contributed by atoms with E-state index in [-0.39, 0.29) is 5.91 Å². The van der Waals surface area contributed by atoms with Crippen molar-refractivity contribution in [3.8, 4) is 0 Å². The smallest absolute Gasteiger partial charge is 0.236 e. The van der Waals surface area contributed by atoms with E-state index >= 15 is 0 Å². The highest BCUT2D eigenvalue weighted by atomic mass is 16.3. The number of piperidine rings is 1. The normalized spacial score (nSPS) is 26.6. The number of likely N-dealkylation sites (tertiary alicyclic amines) is 2. The van der Waals surface area contributed by atoms with E-state index in [0.717, 1.165) is 31.8 Å². The number of amides is 1. The van der Waals surface area contributed by atoms with Crippen molar-refractivity contribution >= 4 is 5.91 Å². The Morgan fingerprint density at radius 1 is 1.38 bits per heavy atom. The number of carbonyl (C=O) groups is 1. The van der Waals surface area contributed by atoms with Crippen LogP contribution in [-0.2, 0) is 4.79 Å². The van der Waals surface area contributed by atoms with Crippen molar-refractivity contribution in [2.75, 3.05) is 32.7 Å². The van der Waals surface area contributed by atoms with Crippen LogP contribution >= 0.6 is 0 Å². The van der Waals surface area contributed by atoms with Crippen LogP contribution in [0, 0.1) is 5.92 Å². The zero-order chi connectivity index (χ0) is 11.8. The van der Waals surface area contributed by atoms with Gasteiger partial charge in [0.2, 0.25) is 5.91 Å². The van der Waals surface area contributed by atoms with Crippen LogP contribution in [0.15, 0.2) is 0 Å². The zero-order valence-corrected chi connectivity index (χ0v) is 10.3. The van der Waals surface area contributed by atoms with Gasteiger partial charge in [-0.05, 0) is 25.7 Å². The fourth-order valence-electron chi connectivity index (χ4n) is 2.58. The maximum absolute atomic E-state index is 11.9. The number of carbonyl (C=O) groups excluding carboxylic acids is 1. The molecular weight excluding hydrogens is 204 g/mol. The highest BCUT2D eigenvalue weighted by Gasteiger charge is 2.37. The van der Waals surface area contributed by atoms with E-state index < -0.39 is 5.60 Å². The van der Waals surface area contributed by atoms with Gasteiger partial charge in [0.05, 0.1) is 12.1 Å². The molecular formula is C12H22N2O2. The fourth-order valence-corrected chi connectivity index (χ4v) is 2.58. The van der Waals surface area contributed by atoms with Gasteiger partial charge in [0, 0.05) is 26.2 Å². The fraction of sp³-hybridized carbons (Fsp3) is 0.917. The maximum atomic E-state index is 11.9. The Bertz CT molecular complexity index is 262. The van der Waals surface area contributed by atoms with Crippen LogP contribution in [0.1, 0.15) is 26.7 Å². The number of β-amino-alcohol motifs (C(OH)–C–C–N with tert-alkyl or cyclic N) is 1. The molecule has 2 rings (SSSR count). The molecule has 0 bridgehead atoms. The van der Waals surface area contributed by atoms with Gasteiger partial charge >= 0.3 is 0 Å². The first kappa shape index (κ1) is 11.9. The molecule has 2 heterocycles. The molecule has 0 spiro atoms. The highest BCUT2D eigenvalue weighted by molar-refractivity contribution is 5.78. The second-order valence-electron chi connectivity index (χ2n) is 5.71. The molecule has 4 heteroatoms. The van der Waals surface area contributed by atoms with Crippen LogP contribution < -0.4 is 0 Å². The van der Waals surface area contributed by atoms with E-state index in [1.165, 1.54) is 0 Å². The van der Waals surface area contributed by atoms with Crippen molar-refractivity contribution in [3.63, 3.8) is 0 Å². The van der Waals surface area contributed by atoms with Crippen LogP contribution in [-0.4, -0.2) is 59.1 Å². The molecule has 0 aromatic heterocycles. The molecule has 0 saturated carbocycles. The van der Waals surface area contributed by atoms with Crippen LogP contribution in [0.3, 0.4) is 0 Å². The zero-order valence-electron chi connectivity index (χ0n) is 10.3. The van der Waals surface area contributed by atoms with Crippen LogP contribution in [0.4, 0.5) is 0 Å². The minimum Gasteiger partial charge on any atom is -0.388 e. The molecule has 2 fully saturated rings. The summed E-state index contributed by atoms with van der Waals surface area (Å²) in [5.41, 5.74) is -0.573. The lowest BCUT2D eigenvalue weighted by Crippen LogP contribution is -2.62. The van der Waals surface area contributed by atoms with Gasteiger partial charge in [-0.2, -0.15) is 0 Å². The lowest BCUT2D eigenvalue weighted by atomic mass is 9.96. The maximum Gasteiger partial charge on any atom is 0.236 e. The Hall–Kier alpha value is -0.610. The molecule has 0 radical (unpaired) electrons. The van der Waals surface area contributed by atoms with Crippen molar-refractivity contribution in [2.45, 2.75) is 32.3 Å². The summed E-state index contributed by atoms with van der Waals surface area (Å²) in [7, 11) is 0. The van der Waals surface area contributed by atoms with E-state index in [1.54, 1.807) is 0 Å². The Kier molecular flexibility index (Phi) is 3.22. The summed E-state index contributed by atoms with van der Waals surface area (Å²) in [5, 5.41) is 9.57. The van der Waals surface area contributed by atoms with Gasteiger partial charge < -0.3 is 10.0 Å². The number of aliphatic hydroxyl groups is 1. The van der Waals surface area contributed by atoms with E-state index in [4.69, 9.17) is 0 Å². The molecule has 1 N–H and O–H groups in total. The molecule has 2 saturated heterocycles. The first-order valence-electron chi connectivity index (χ1n) is 6.19. The monoisotopic (exact) mass is 226 g/mol. The van der Waals surface area contributed by atoms with Gasteiger partial charge in [-0.25, -0.2) is 0 Å². The number of hydrogen-bond acceptors (Lipinski definition) is 3. The Balaban J connectivity index is 1.72. The lowest BCUT2D eigenvalue weighted by molar-refractivity contribution is -0.141. The third-order valence-corrected chi connectivity index (χ3v) is 3.62. The molecule has 0 unspecified atom stereocenters. The van der Waals surface area contributed by atoms with Gasteiger partial charge in [-0.15, -0.1) is 0 Å². The van der Waals surface area contributed by atoms with Gasteiger partial charge in [0.1, 0.15) is 0 Å². The first-order chi connectivity index (χ1) is 7.46. The topological polar surface area (TPSA) is 43.8 Å². The average Bonchev–Trinajstić information content (AvgIpc) is 2.15. The van der Waals surface area contributed by atoms with Crippen LogP contribution in [0.5, 0.6) is 0 Å². The molecule has 0 aromatic rings. The van der Waals surface area contributed by atoms with Crippen molar-refractivity contribution < 1.29 is 9.90 Å². The van der Waals surface area contributed by atoms with E-state index in [1.807, 2.05) is 16.7 Å². The van der Waals surface area contributed by atoms with Crippen molar-refractivity contribution in [2.24, 2.45) is 5.92 Å². The second kappa shape index (κ2) is 4.34.